The number of halogens is 1. The molecular weight excluding hydrogens is 302 g/mol. The molecule has 3 nitrogen and oxygen atoms in total. The summed E-state index contributed by atoms with van der Waals surface area (Å²) in [7, 11) is 0. The lowest BCUT2D eigenvalue weighted by Gasteiger charge is -2.13. The average Bonchev–Trinajstić information content (AvgIpc) is 2.78. The van der Waals surface area contributed by atoms with Crippen molar-refractivity contribution >= 4 is 33.1 Å². The molecule has 0 radical (unpaired) electrons. The highest BCUT2D eigenvalue weighted by Gasteiger charge is 2.17. The van der Waals surface area contributed by atoms with E-state index in [0.717, 1.165) is 35.4 Å². The molecule has 1 aromatic carbocycles. The summed E-state index contributed by atoms with van der Waals surface area (Å²) in [6.45, 7) is 2.25. The topological polar surface area (TPSA) is 44.5 Å². The summed E-state index contributed by atoms with van der Waals surface area (Å²) >= 11 is 8.41. The minimum Gasteiger partial charge on any atom is -0.492 e. The van der Waals surface area contributed by atoms with Crippen molar-refractivity contribution < 1.29 is 9.47 Å². The Balaban J connectivity index is 2.07. The Morgan fingerprint density at radius 1 is 1.59 bits per heavy atom. The van der Waals surface area contributed by atoms with Crippen LogP contribution in [0.4, 0.5) is 0 Å². The van der Waals surface area contributed by atoms with Gasteiger partial charge in [0.15, 0.2) is 0 Å². The first kappa shape index (κ1) is 12.8. The predicted molar refractivity (Wildman–Crippen MR) is 74.5 cm³/mol. The van der Waals surface area contributed by atoms with E-state index in [1.807, 2.05) is 18.2 Å². The average molecular weight is 316 g/mol. The van der Waals surface area contributed by atoms with Gasteiger partial charge in [-0.05, 0) is 24.6 Å². The van der Waals surface area contributed by atoms with Gasteiger partial charge < -0.3 is 15.2 Å². The molecule has 1 saturated heterocycles. The van der Waals surface area contributed by atoms with Crippen LogP contribution in [-0.4, -0.2) is 24.8 Å². The number of hydrogen-bond donors (Lipinski definition) is 1. The van der Waals surface area contributed by atoms with Gasteiger partial charge in [-0.15, -0.1) is 0 Å². The van der Waals surface area contributed by atoms with Gasteiger partial charge in [-0.1, -0.05) is 28.1 Å². The van der Waals surface area contributed by atoms with E-state index >= 15 is 0 Å². The van der Waals surface area contributed by atoms with Gasteiger partial charge in [0.25, 0.3) is 0 Å². The van der Waals surface area contributed by atoms with Gasteiger partial charge >= 0.3 is 0 Å². The molecule has 92 valence electrons. The maximum Gasteiger partial charge on any atom is 0.130 e. The van der Waals surface area contributed by atoms with Crippen molar-refractivity contribution in [2.24, 2.45) is 11.7 Å². The fraction of sp³-hybridized carbons (Fsp3) is 0.417. The van der Waals surface area contributed by atoms with E-state index < -0.39 is 0 Å². The highest BCUT2D eigenvalue weighted by atomic mass is 79.9. The molecule has 0 aliphatic carbocycles. The summed E-state index contributed by atoms with van der Waals surface area (Å²) in [4.78, 5) is 0.357. The lowest BCUT2D eigenvalue weighted by molar-refractivity contribution is 0.167. The van der Waals surface area contributed by atoms with E-state index in [9.17, 15) is 0 Å². The predicted octanol–water partition coefficient (Wildman–Crippen LogP) is 2.50. The Hall–Kier alpha value is -0.650. The van der Waals surface area contributed by atoms with Gasteiger partial charge in [-0.25, -0.2) is 0 Å². The smallest absolute Gasteiger partial charge is 0.130 e. The van der Waals surface area contributed by atoms with Crippen LogP contribution >= 0.6 is 28.1 Å². The van der Waals surface area contributed by atoms with Gasteiger partial charge in [-0.3, -0.25) is 0 Å². The SMILES string of the molecule is NC(=S)c1ccc(Br)cc1OCC1CCOC1. The van der Waals surface area contributed by atoms with Crippen molar-refractivity contribution in [3.8, 4) is 5.75 Å². The minimum absolute atomic E-state index is 0.357. The number of thiocarbonyl (C=S) groups is 1. The molecule has 0 spiro atoms. The molecule has 1 atom stereocenters. The molecule has 1 aliphatic rings. The van der Waals surface area contributed by atoms with Crippen LogP contribution in [0.15, 0.2) is 22.7 Å². The number of hydrogen-bond acceptors (Lipinski definition) is 3. The summed E-state index contributed by atoms with van der Waals surface area (Å²) in [5.74, 6) is 1.20. The Bertz CT molecular complexity index is 419. The van der Waals surface area contributed by atoms with Crippen LogP contribution in [0.5, 0.6) is 5.75 Å². The standard InChI is InChI=1S/C12H14BrNO2S/c13-9-1-2-10(12(14)17)11(5-9)16-7-8-3-4-15-6-8/h1-2,5,8H,3-4,6-7H2,(H2,14,17). The van der Waals surface area contributed by atoms with Crippen molar-refractivity contribution in [3.05, 3.63) is 28.2 Å². The molecule has 2 rings (SSSR count). The lowest BCUT2D eigenvalue weighted by Crippen LogP contribution is -2.16. The number of benzene rings is 1. The summed E-state index contributed by atoms with van der Waals surface area (Å²) in [5, 5.41) is 0. The molecule has 0 bridgehead atoms. The van der Waals surface area contributed by atoms with Crippen molar-refractivity contribution in [1.29, 1.82) is 0 Å². The van der Waals surface area contributed by atoms with E-state index in [-0.39, 0.29) is 0 Å². The number of nitrogens with two attached hydrogens (primary N) is 1. The molecule has 1 fully saturated rings. The van der Waals surface area contributed by atoms with Crippen LogP contribution in [0.2, 0.25) is 0 Å². The monoisotopic (exact) mass is 315 g/mol. The molecule has 0 aromatic heterocycles. The molecule has 0 amide bonds. The minimum atomic E-state index is 0.357. The quantitative estimate of drug-likeness (QED) is 0.867. The fourth-order valence-corrected chi connectivity index (χ4v) is 2.25. The highest BCUT2D eigenvalue weighted by Crippen LogP contribution is 2.25. The fourth-order valence-electron chi connectivity index (χ4n) is 1.74. The first-order chi connectivity index (χ1) is 8.16. The van der Waals surface area contributed by atoms with Crippen LogP contribution < -0.4 is 10.5 Å². The summed E-state index contributed by atoms with van der Waals surface area (Å²) in [6, 6.07) is 5.66. The summed E-state index contributed by atoms with van der Waals surface area (Å²) < 4.78 is 12.0. The second kappa shape index (κ2) is 5.80. The van der Waals surface area contributed by atoms with Gasteiger partial charge in [0.1, 0.15) is 10.7 Å². The first-order valence-corrected chi connectivity index (χ1v) is 6.67. The molecule has 2 N–H and O–H groups in total. The summed E-state index contributed by atoms with van der Waals surface area (Å²) in [5.41, 5.74) is 6.44. The van der Waals surface area contributed by atoms with Crippen molar-refractivity contribution in [3.63, 3.8) is 0 Å². The normalized spacial score (nSPS) is 19.2. The van der Waals surface area contributed by atoms with Gasteiger partial charge in [-0.2, -0.15) is 0 Å². The summed E-state index contributed by atoms with van der Waals surface area (Å²) in [6.07, 6.45) is 1.05. The molecule has 5 heteroatoms. The van der Waals surface area contributed by atoms with E-state index in [1.165, 1.54) is 0 Å². The Morgan fingerprint density at radius 3 is 3.06 bits per heavy atom. The highest BCUT2D eigenvalue weighted by molar-refractivity contribution is 9.10. The second-order valence-electron chi connectivity index (χ2n) is 4.05. The van der Waals surface area contributed by atoms with Crippen LogP contribution in [0.25, 0.3) is 0 Å². The Kier molecular flexibility index (Phi) is 4.36. The molecule has 1 aliphatic heterocycles. The molecule has 1 unspecified atom stereocenters. The van der Waals surface area contributed by atoms with Crippen LogP contribution in [0.1, 0.15) is 12.0 Å². The number of rotatable bonds is 4. The lowest BCUT2D eigenvalue weighted by atomic mass is 10.1. The third-order valence-corrected chi connectivity index (χ3v) is 3.42. The zero-order valence-electron chi connectivity index (χ0n) is 9.32. The van der Waals surface area contributed by atoms with Crippen LogP contribution in [0.3, 0.4) is 0 Å². The Labute approximate surface area is 114 Å². The van der Waals surface area contributed by atoms with Crippen molar-refractivity contribution in [2.45, 2.75) is 6.42 Å². The maximum atomic E-state index is 5.79. The van der Waals surface area contributed by atoms with E-state index in [0.29, 0.717) is 17.5 Å². The van der Waals surface area contributed by atoms with Crippen LogP contribution in [-0.2, 0) is 4.74 Å². The van der Waals surface area contributed by atoms with Gasteiger partial charge in [0.05, 0.1) is 18.8 Å². The maximum absolute atomic E-state index is 5.79. The first-order valence-electron chi connectivity index (χ1n) is 5.46. The number of ether oxygens (including phenoxy) is 2. The van der Waals surface area contributed by atoms with Gasteiger partial charge in [0, 0.05) is 17.0 Å². The van der Waals surface area contributed by atoms with Crippen molar-refractivity contribution in [2.75, 3.05) is 19.8 Å². The second-order valence-corrected chi connectivity index (χ2v) is 5.40. The largest absolute Gasteiger partial charge is 0.492 e. The zero-order chi connectivity index (χ0) is 12.3. The van der Waals surface area contributed by atoms with E-state index in [2.05, 4.69) is 15.9 Å². The third-order valence-electron chi connectivity index (χ3n) is 2.71. The molecular formula is C12H14BrNO2S. The molecule has 1 aromatic rings. The van der Waals surface area contributed by atoms with E-state index in [1.54, 1.807) is 0 Å². The van der Waals surface area contributed by atoms with Crippen LogP contribution in [0, 0.1) is 5.92 Å². The van der Waals surface area contributed by atoms with E-state index in [4.69, 9.17) is 27.4 Å². The molecule has 1 heterocycles. The van der Waals surface area contributed by atoms with Crippen molar-refractivity contribution in [1.82, 2.24) is 0 Å². The Morgan fingerprint density at radius 2 is 2.41 bits per heavy atom. The molecule has 17 heavy (non-hydrogen) atoms. The third kappa shape index (κ3) is 3.40. The zero-order valence-corrected chi connectivity index (χ0v) is 11.7. The molecule has 0 saturated carbocycles. The van der Waals surface area contributed by atoms with Gasteiger partial charge in [0.2, 0.25) is 0 Å².